The molecule has 1 aromatic rings. The zero-order chi connectivity index (χ0) is 15.6. The first-order chi connectivity index (χ1) is 9.93. The van der Waals surface area contributed by atoms with E-state index in [1.807, 2.05) is 22.6 Å². The Balaban J connectivity index is 2.20. The van der Waals surface area contributed by atoms with Gasteiger partial charge in [-0.2, -0.15) is 0 Å². The molecule has 0 atom stereocenters. The molecule has 1 fully saturated rings. The van der Waals surface area contributed by atoms with E-state index >= 15 is 0 Å². The van der Waals surface area contributed by atoms with E-state index in [2.05, 4.69) is 13.8 Å². The minimum Gasteiger partial charge on any atom is -0.339 e. The molecule has 21 heavy (non-hydrogen) atoms. The van der Waals surface area contributed by atoms with Crippen LogP contribution in [0.15, 0.2) is 12.3 Å². The molecule has 1 aliphatic rings. The van der Waals surface area contributed by atoms with Crippen LogP contribution in [0.3, 0.4) is 0 Å². The highest BCUT2D eigenvalue weighted by Gasteiger charge is 2.29. The van der Waals surface area contributed by atoms with Crippen LogP contribution in [0.1, 0.15) is 63.0 Å². The van der Waals surface area contributed by atoms with Crippen molar-refractivity contribution in [3.63, 3.8) is 0 Å². The zero-order valence-electron chi connectivity index (χ0n) is 13.2. The number of hydrogen-bond acceptors (Lipinski definition) is 2. The van der Waals surface area contributed by atoms with Crippen molar-refractivity contribution in [1.29, 1.82) is 0 Å². The van der Waals surface area contributed by atoms with E-state index < -0.39 is 0 Å². The fourth-order valence-corrected chi connectivity index (χ4v) is 3.38. The molecule has 4 nitrogen and oxygen atoms in total. The van der Waals surface area contributed by atoms with Crippen LogP contribution in [0.25, 0.3) is 0 Å². The smallest absolute Gasteiger partial charge is 0.270 e. The van der Waals surface area contributed by atoms with Crippen LogP contribution in [-0.2, 0) is 0 Å². The molecular formula is C16H26ClN3O. The molecule has 118 valence electrons. The van der Waals surface area contributed by atoms with Crippen molar-refractivity contribution in [2.24, 2.45) is 5.73 Å². The second-order valence-electron chi connectivity index (χ2n) is 6.20. The fourth-order valence-electron chi connectivity index (χ4n) is 3.17. The summed E-state index contributed by atoms with van der Waals surface area (Å²) in [6, 6.07) is 2.59. The van der Waals surface area contributed by atoms with E-state index in [-0.39, 0.29) is 11.9 Å². The Morgan fingerprint density at radius 1 is 1.43 bits per heavy atom. The first kappa shape index (κ1) is 16.4. The maximum absolute atomic E-state index is 12.9. The number of carbonyl (C=O) groups is 1. The molecule has 5 heteroatoms. The van der Waals surface area contributed by atoms with Crippen molar-refractivity contribution in [3.05, 3.63) is 23.0 Å². The molecular weight excluding hydrogens is 286 g/mol. The van der Waals surface area contributed by atoms with Crippen LogP contribution in [-0.4, -0.2) is 34.0 Å². The average molecular weight is 312 g/mol. The minimum absolute atomic E-state index is 0.0820. The van der Waals surface area contributed by atoms with Gasteiger partial charge in [0.15, 0.2) is 0 Å². The molecule has 1 aliphatic carbocycles. The Hall–Kier alpha value is -1.00. The van der Waals surface area contributed by atoms with Crippen LogP contribution in [0.5, 0.6) is 0 Å². The molecule has 0 aliphatic heterocycles. The van der Waals surface area contributed by atoms with Crippen LogP contribution in [0.4, 0.5) is 0 Å². The SMILES string of the molecule is CCN(C(=O)c1cc(Cl)cn1C(C)C)C1CCC(N)CC1. The van der Waals surface area contributed by atoms with Crippen molar-refractivity contribution in [3.8, 4) is 0 Å². The number of aromatic nitrogens is 1. The number of nitrogens with two attached hydrogens (primary N) is 1. The van der Waals surface area contributed by atoms with Crippen molar-refractivity contribution in [2.75, 3.05) is 6.54 Å². The molecule has 1 heterocycles. The molecule has 1 aromatic heterocycles. The number of nitrogens with zero attached hydrogens (tertiary/aromatic N) is 2. The maximum Gasteiger partial charge on any atom is 0.270 e. The molecule has 0 bridgehead atoms. The van der Waals surface area contributed by atoms with Gasteiger partial charge >= 0.3 is 0 Å². The van der Waals surface area contributed by atoms with Crippen LogP contribution < -0.4 is 5.73 Å². The Morgan fingerprint density at radius 3 is 2.57 bits per heavy atom. The van der Waals surface area contributed by atoms with Gasteiger partial charge in [0.05, 0.1) is 5.02 Å². The lowest BCUT2D eigenvalue weighted by molar-refractivity contribution is 0.0628. The molecule has 0 aromatic carbocycles. The summed E-state index contributed by atoms with van der Waals surface area (Å²) in [7, 11) is 0. The largest absolute Gasteiger partial charge is 0.339 e. The maximum atomic E-state index is 12.9. The van der Waals surface area contributed by atoms with Gasteiger partial charge in [0.2, 0.25) is 0 Å². The number of rotatable bonds is 4. The lowest BCUT2D eigenvalue weighted by atomic mass is 9.90. The summed E-state index contributed by atoms with van der Waals surface area (Å²) in [4.78, 5) is 14.9. The summed E-state index contributed by atoms with van der Waals surface area (Å²) in [5.74, 6) is 0.0820. The topological polar surface area (TPSA) is 51.3 Å². The van der Waals surface area contributed by atoms with Crippen LogP contribution in [0, 0.1) is 0 Å². The van der Waals surface area contributed by atoms with Gasteiger partial charge in [0.1, 0.15) is 5.69 Å². The number of halogens is 1. The van der Waals surface area contributed by atoms with Crippen molar-refractivity contribution >= 4 is 17.5 Å². The second kappa shape index (κ2) is 6.84. The van der Waals surface area contributed by atoms with E-state index in [0.717, 1.165) is 32.2 Å². The summed E-state index contributed by atoms with van der Waals surface area (Å²) in [5, 5.41) is 0.619. The van der Waals surface area contributed by atoms with Gasteiger partial charge in [-0.25, -0.2) is 0 Å². The summed E-state index contributed by atoms with van der Waals surface area (Å²) < 4.78 is 1.96. The highest BCUT2D eigenvalue weighted by atomic mass is 35.5. The third-order valence-electron chi connectivity index (χ3n) is 4.37. The van der Waals surface area contributed by atoms with E-state index in [9.17, 15) is 4.79 Å². The van der Waals surface area contributed by atoms with Gasteiger partial charge in [-0.15, -0.1) is 0 Å². The number of hydrogen-bond donors (Lipinski definition) is 1. The molecule has 0 radical (unpaired) electrons. The number of carbonyl (C=O) groups excluding carboxylic acids is 1. The van der Waals surface area contributed by atoms with Crippen LogP contribution >= 0.6 is 11.6 Å². The minimum atomic E-state index is 0.0820. The van der Waals surface area contributed by atoms with Gasteiger partial charge in [0.25, 0.3) is 5.91 Å². The van der Waals surface area contributed by atoms with Crippen molar-refractivity contribution < 1.29 is 4.79 Å². The summed E-state index contributed by atoms with van der Waals surface area (Å²) in [6.07, 6.45) is 5.83. The van der Waals surface area contributed by atoms with Crippen molar-refractivity contribution in [2.45, 2.75) is 64.6 Å². The summed E-state index contributed by atoms with van der Waals surface area (Å²) >= 11 is 6.10. The summed E-state index contributed by atoms with van der Waals surface area (Å²) in [5.41, 5.74) is 6.65. The van der Waals surface area contributed by atoms with Gasteiger partial charge in [0, 0.05) is 30.9 Å². The first-order valence-corrected chi connectivity index (χ1v) is 8.25. The third kappa shape index (κ3) is 3.61. The van der Waals surface area contributed by atoms with Gasteiger partial charge in [-0.1, -0.05) is 11.6 Å². The standard InChI is InChI=1S/C16H26ClN3O/c1-4-19(14-7-5-13(18)6-8-14)16(21)15-9-12(17)10-20(15)11(2)3/h9-11,13-14H,4-8,18H2,1-3H3. The van der Waals surface area contributed by atoms with Gasteiger partial charge < -0.3 is 15.2 Å². The molecule has 0 spiro atoms. The quantitative estimate of drug-likeness (QED) is 0.926. The van der Waals surface area contributed by atoms with E-state index in [0.29, 0.717) is 22.8 Å². The predicted molar refractivity (Wildman–Crippen MR) is 86.8 cm³/mol. The highest BCUT2D eigenvalue weighted by Crippen LogP contribution is 2.26. The van der Waals surface area contributed by atoms with E-state index in [1.165, 1.54) is 0 Å². The molecule has 1 saturated carbocycles. The molecule has 0 unspecified atom stereocenters. The Morgan fingerprint density at radius 2 is 2.05 bits per heavy atom. The lowest BCUT2D eigenvalue weighted by Gasteiger charge is -2.35. The Kier molecular flexibility index (Phi) is 5.33. The molecule has 2 rings (SSSR count). The zero-order valence-corrected chi connectivity index (χ0v) is 13.9. The molecule has 1 amide bonds. The number of amides is 1. The van der Waals surface area contributed by atoms with Crippen molar-refractivity contribution in [1.82, 2.24) is 9.47 Å². The molecule has 2 N–H and O–H groups in total. The van der Waals surface area contributed by atoms with Crippen LogP contribution in [0.2, 0.25) is 5.02 Å². The normalized spacial score (nSPS) is 22.6. The third-order valence-corrected chi connectivity index (χ3v) is 4.58. The monoisotopic (exact) mass is 311 g/mol. The Bertz CT molecular complexity index is 490. The second-order valence-corrected chi connectivity index (χ2v) is 6.64. The Labute approximate surface area is 132 Å². The van der Waals surface area contributed by atoms with E-state index in [4.69, 9.17) is 17.3 Å². The van der Waals surface area contributed by atoms with Gasteiger partial charge in [-0.05, 0) is 52.5 Å². The van der Waals surface area contributed by atoms with Gasteiger partial charge in [-0.3, -0.25) is 4.79 Å². The average Bonchev–Trinajstić information content (AvgIpc) is 2.84. The predicted octanol–water partition coefficient (Wildman–Crippen LogP) is 3.45. The molecule has 0 saturated heterocycles. The highest BCUT2D eigenvalue weighted by molar-refractivity contribution is 6.31. The summed E-state index contributed by atoms with van der Waals surface area (Å²) in [6.45, 7) is 6.88. The fraction of sp³-hybridized carbons (Fsp3) is 0.688. The van der Waals surface area contributed by atoms with E-state index in [1.54, 1.807) is 6.07 Å². The lowest BCUT2D eigenvalue weighted by Crippen LogP contribution is -2.44. The first-order valence-electron chi connectivity index (χ1n) is 7.88.